The molecular formula is C40H50N6O3. The molecule has 0 fully saturated rings. The standard InChI is InChI=1S/C40H50N6O3/c1-3-4-28-37(45(39(48)43-35-24-13-7-14-25-35)29-18-17-21-33-19-9-5-10-20-33)31-46(40(49)44-36-26-15-8-16-27-36)32(2)30-41-38(47)42-34-22-11-6-12-23-34/h5-16,19-20,22-27,32,37H,3-4,17-18,21,28-31H2,1-2H3,(H,43,48)(H,44,49)(H2,41,42,47)/t32?,37-/m1/s1. The van der Waals surface area contributed by atoms with Crippen LogP contribution >= 0.6 is 0 Å². The maximum Gasteiger partial charge on any atom is 0.322 e. The minimum absolute atomic E-state index is 0.191. The summed E-state index contributed by atoms with van der Waals surface area (Å²) in [5.41, 5.74) is 3.34. The lowest BCUT2D eigenvalue weighted by molar-refractivity contribution is 0.137. The van der Waals surface area contributed by atoms with Crippen LogP contribution in [-0.2, 0) is 6.42 Å². The Labute approximate surface area is 291 Å². The van der Waals surface area contributed by atoms with Crippen molar-refractivity contribution in [1.82, 2.24) is 15.1 Å². The number of amides is 6. The van der Waals surface area contributed by atoms with E-state index in [0.717, 1.165) is 44.2 Å². The average Bonchev–Trinajstić information content (AvgIpc) is 3.12. The van der Waals surface area contributed by atoms with E-state index in [4.69, 9.17) is 0 Å². The number of hydrogen-bond acceptors (Lipinski definition) is 3. The molecule has 0 saturated carbocycles. The molecular weight excluding hydrogens is 612 g/mol. The van der Waals surface area contributed by atoms with Crippen LogP contribution in [-0.4, -0.2) is 59.6 Å². The quantitative estimate of drug-likeness (QED) is 0.0849. The number of para-hydroxylation sites is 3. The van der Waals surface area contributed by atoms with Gasteiger partial charge in [-0.1, -0.05) is 105 Å². The van der Waals surface area contributed by atoms with Crippen molar-refractivity contribution < 1.29 is 14.4 Å². The molecule has 4 aromatic rings. The average molecular weight is 663 g/mol. The van der Waals surface area contributed by atoms with Gasteiger partial charge in [-0.2, -0.15) is 0 Å². The number of benzene rings is 4. The summed E-state index contributed by atoms with van der Waals surface area (Å²) >= 11 is 0. The highest BCUT2D eigenvalue weighted by Gasteiger charge is 2.30. The van der Waals surface area contributed by atoms with E-state index in [1.165, 1.54) is 5.56 Å². The summed E-state index contributed by atoms with van der Waals surface area (Å²) in [6.07, 6.45) is 5.23. The lowest BCUT2D eigenvalue weighted by Gasteiger charge is -2.38. The largest absolute Gasteiger partial charge is 0.336 e. The second-order valence-corrected chi connectivity index (χ2v) is 12.2. The number of anilines is 3. The number of nitrogens with zero attached hydrogens (tertiary/aromatic N) is 2. The second kappa shape index (κ2) is 20.1. The molecule has 0 aromatic heterocycles. The molecule has 1 unspecified atom stereocenters. The molecule has 258 valence electrons. The van der Waals surface area contributed by atoms with Gasteiger partial charge in [0.25, 0.3) is 0 Å². The monoisotopic (exact) mass is 662 g/mol. The molecule has 4 N–H and O–H groups in total. The Morgan fingerprint density at radius 1 is 0.612 bits per heavy atom. The zero-order valence-electron chi connectivity index (χ0n) is 28.7. The molecule has 4 rings (SSSR count). The van der Waals surface area contributed by atoms with Gasteiger partial charge in [0.15, 0.2) is 0 Å². The summed E-state index contributed by atoms with van der Waals surface area (Å²) in [4.78, 5) is 44.4. The molecule has 9 heteroatoms. The summed E-state index contributed by atoms with van der Waals surface area (Å²) < 4.78 is 0. The normalized spacial score (nSPS) is 11.9. The number of urea groups is 3. The maximum atomic E-state index is 14.0. The van der Waals surface area contributed by atoms with Crippen molar-refractivity contribution >= 4 is 35.2 Å². The predicted octanol–water partition coefficient (Wildman–Crippen LogP) is 8.85. The number of hydrogen-bond donors (Lipinski definition) is 4. The van der Waals surface area contributed by atoms with Gasteiger partial charge < -0.3 is 31.1 Å². The first-order chi connectivity index (χ1) is 23.9. The van der Waals surface area contributed by atoms with E-state index in [1.807, 2.05) is 121 Å². The topological polar surface area (TPSA) is 106 Å². The summed E-state index contributed by atoms with van der Waals surface area (Å²) in [6, 6.07) is 36.9. The number of rotatable bonds is 17. The van der Waals surface area contributed by atoms with Gasteiger partial charge in [0.1, 0.15) is 0 Å². The predicted molar refractivity (Wildman–Crippen MR) is 200 cm³/mol. The van der Waals surface area contributed by atoms with Gasteiger partial charge in [0.05, 0.1) is 6.04 Å². The molecule has 0 heterocycles. The fourth-order valence-electron chi connectivity index (χ4n) is 5.66. The summed E-state index contributed by atoms with van der Waals surface area (Å²) in [5, 5.41) is 11.9. The number of nitrogens with one attached hydrogen (secondary N) is 4. The van der Waals surface area contributed by atoms with E-state index in [0.29, 0.717) is 24.5 Å². The zero-order valence-corrected chi connectivity index (χ0v) is 28.7. The summed E-state index contributed by atoms with van der Waals surface area (Å²) in [7, 11) is 0. The van der Waals surface area contributed by atoms with Gasteiger partial charge in [0.2, 0.25) is 0 Å². The summed E-state index contributed by atoms with van der Waals surface area (Å²) in [5.74, 6) is 0. The van der Waals surface area contributed by atoms with E-state index in [-0.39, 0.29) is 36.7 Å². The van der Waals surface area contributed by atoms with E-state index in [2.05, 4.69) is 40.3 Å². The molecule has 0 aliphatic carbocycles. The highest BCUT2D eigenvalue weighted by atomic mass is 16.2. The first-order valence-electron chi connectivity index (χ1n) is 17.3. The van der Waals surface area contributed by atoms with Crippen molar-refractivity contribution in [2.24, 2.45) is 0 Å². The third-order valence-corrected chi connectivity index (χ3v) is 8.39. The number of carbonyl (C=O) groups excluding carboxylic acids is 3. The number of unbranched alkanes of at least 4 members (excludes halogenated alkanes) is 2. The number of aryl methyl sites for hydroxylation is 1. The Morgan fingerprint density at radius 2 is 1.10 bits per heavy atom. The lowest BCUT2D eigenvalue weighted by Crippen LogP contribution is -2.55. The van der Waals surface area contributed by atoms with Crippen molar-refractivity contribution in [2.45, 2.75) is 64.5 Å². The van der Waals surface area contributed by atoms with Crippen LogP contribution in [0.4, 0.5) is 31.4 Å². The SMILES string of the molecule is CCCC[C@H](CN(C(=O)Nc1ccccc1)C(C)CNC(=O)Nc1ccccc1)N(CCCCc1ccccc1)C(=O)Nc1ccccc1. The fourth-order valence-corrected chi connectivity index (χ4v) is 5.66. The van der Waals surface area contributed by atoms with Crippen molar-refractivity contribution in [3.63, 3.8) is 0 Å². The highest BCUT2D eigenvalue weighted by molar-refractivity contribution is 5.91. The van der Waals surface area contributed by atoms with E-state index in [9.17, 15) is 14.4 Å². The molecule has 9 nitrogen and oxygen atoms in total. The lowest BCUT2D eigenvalue weighted by atomic mass is 10.0. The minimum atomic E-state index is -0.383. The molecule has 6 amide bonds. The van der Waals surface area contributed by atoms with Crippen LogP contribution < -0.4 is 21.3 Å². The smallest absolute Gasteiger partial charge is 0.322 e. The van der Waals surface area contributed by atoms with E-state index >= 15 is 0 Å². The van der Waals surface area contributed by atoms with Crippen LogP contribution in [0, 0.1) is 0 Å². The molecule has 0 aliphatic heterocycles. The van der Waals surface area contributed by atoms with Crippen molar-refractivity contribution in [2.75, 3.05) is 35.6 Å². The Kier molecular flexibility index (Phi) is 15.0. The third-order valence-electron chi connectivity index (χ3n) is 8.39. The molecule has 4 aromatic carbocycles. The van der Waals surface area contributed by atoms with Crippen LogP contribution in [0.5, 0.6) is 0 Å². The van der Waals surface area contributed by atoms with Crippen molar-refractivity contribution in [3.8, 4) is 0 Å². The number of carbonyl (C=O) groups is 3. The van der Waals surface area contributed by atoms with Gasteiger partial charge in [-0.3, -0.25) is 0 Å². The highest BCUT2D eigenvalue weighted by Crippen LogP contribution is 2.19. The van der Waals surface area contributed by atoms with Gasteiger partial charge in [-0.15, -0.1) is 0 Å². The Morgan fingerprint density at radius 3 is 1.63 bits per heavy atom. The first kappa shape index (κ1) is 36.5. The maximum absolute atomic E-state index is 14.0. The van der Waals surface area contributed by atoms with Gasteiger partial charge in [-0.25, -0.2) is 14.4 Å². The van der Waals surface area contributed by atoms with Crippen molar-refractivity contribution in [3.05, 3.63) is 127 Å². The third kappa shape index (κ3) is 12.7. The molecule has 0 saturated heterocycles. The van der Waals surface area contributed by atoms with Crippen LogP contribution in [0.15, 0.2) is 121 Å². The van der Waals surface area contributed by atoms with Gasteiger partial charge in [-0.05, 0) is 74.6 Å². The zero-order chi connectivity index (χ0) is 34.7. The molecule has 49 heavy (non-hydrogen) atoms. The van der Waals surface area contributed by atoms with E-state index in [1.54, 1.807) is 4.90 Å². The molecule has 0 bridgehead atoms. The molecule has 2 atom stereocenters. The van der Waals surface area contributed by atoms with E-state index < -0.39 is 0 Å². The Hall–Kier alpha value is -5.31. The molecule has 0 aliphatic rings. The van der Waals surface area contributed by atoms with Crippen LogP contribution in [0.2, 0.25) is 0 Å². The minimum Gasteiger partial charge on any atom is -0.336 e. The van der Waals surface area contributed by atoms with Crippen LogP contribution in [0.1, 0.15) is 51.5 Å². The van der Waals surface area contributed by atoms with Crippen LogP contribution in [0.3, 0.4) is 0 Å². The van der Waals surface area contributed by atoms with Crippen LogP contribution in [0.25, 0.3) is 0 Å². The Bertz CT molecular complexity index is 1540. The summed E-state index contributed by atoms with van der Waals surface area (Å²) in [6.45, 7) is 5.10. The Balaban J connectivity index is 1.54. The fraction of sp³-hybridized carbons (Fsp3) is 0.325. The first-order valence-corrected chi connectivity index (χ1v) is 17.3. The molecule has 0 radical (unpaired) electrons. The second-order valence-electron chi connectivity index (χ2n) is 12.2. The van der Waals surface area contributed by atoms with Gasteiger partial charge in [0, 0.05) is 42.7 Å². The van der Waals surface area contributed by atoms with Crippen molar-refractivity contribution in [1.29, 1.82) is 0 Å². The van der Waals surface area contributed by atoms with Gasteiger partial charge >= 0.3 is 18.1 Å². The molecule has 0 spiro atoms.